The summed E-state index contributed by atoms with van der Waals surface area (Å²) in [6.07, 6.45) is 2.19. The molecule has 0 spiro atoms. The summed E-state index contributed by atoms with van der Waals surface area (Å²) in [7, 11) is 1.56. The maximum absolute atomic E-state index is 12.4. The summed E-state index contributed by atoms with van der Waals surface area (Å²) in [6.45, 7) is 4.45. The zero-order valence-electron chi connectivity index (χ0n) is 15.0. The Balaban J connectivity index is 2.13. The van der Waals surface area contributed by atoms with Crippen LogP contribution in [0.4, 0.5) is 0 Å². The van der Waals surface area contributed by atoms with Crippen molar-refractivity contribution in [1.29, 1.82) is 0 Å². The molecule has 1 heterocycles. The van der Waals surface area contributed by atoms with E-state index in [0.717, 1.165) is 12.0 Å². The van der Waals surface area contributed by atoms with Crippen LogP contribution < -0.4 is 14.8 Å². The van der Waals surface area contributed by atoms with Crippen molar-refractivity contribution in [3.05, 3.63) is 53.3 Å². The number of rotatable bonds is 8. The molecule has 2 rings (SSSR count). The summed E-state index contributed by atoms with van der Waals surface area (Å²) >= 11 is 0. The van der Waals surface area contributed by atoms with Gasteiger partial charge in [-0.25, -0.2) is 9.78 Å². The highest BCUT2D eigenvalue weighted by Gasteiger charge is 2.16. The molecule has 7 nitrogen and oxygen atoms in total. The van der Waals surface area contributed by atoms with Crippen LogP contribution in [-0.2, 0) is 0 Å². The molecule has 1 atom stereocenters. The van der Waals surface area contributed by atoms with Crippen LogP contribution in [0.25, 0.3) is 0 Å². The van der Waals surface area contributed by atoms with E-state index in [9.17, 15) is 9.59 Å². The van der Waals surface area contributed by atoms with E-state index in [1.807, 2.05) is 26.0 Å². The van der Waals surface area contributed by atoms with E-state index in [0.29, 0.717) is 18.1 Å². The molecule has 0 aliphatic rings. The number of hydrogen-bond donors (Lipinski definition) is 2. The third-order valence-electron chi connectivity index (χ3n) is 3.74. The highest BCUT2D eigenvalue weighted by atomic mass is 16.5. The van der Waals surface area contributed by atoms with Crippen LogP contribution in [-0.4, -0.2) is 35.7 Å². The Kier molecular flexibility index (Phi) is 6.54. The van der Waals surface area contributed by atoms with Gasteiger partial charge in [0.25, 0.3) is 5.91 Å². The number of aromatic carboxylic acids is 1. The summed E-state index contributed by atoms with van der Waals surface area (Å²) < 4.78 is 11.0. The maximum atomic E-state index is 12.4. The van der Waals surface area contributed by atoms with Crippen LogP contribution >= 0.6 is 0 Å². The summed E-state index contributed by atoms with van der Waals surface area (Å²) in [4.78, 5) is 27.1. The molecule has 0 saturated heterocycles. The molecule has 0 aliphatic heterocycles. The maximum Gasteiger partial charge on any atom is 0.354 e. The van der Waals surface area contributed by atoms with Gasteiger partial charge in [-0.2, -0.15) is 0 Å². The van der Waals surface area contributed by atoms with Crippen LogP contribution in [0.5, 0.6) is 11.5 Å². The molecule has 7 heteroatoms. The monoisotopic (exact) mass is 358 g/mol. The number of carbonyl (C=O) groups excluding carboxylic acids is 1. The SMILES string of the molecule is CCCOc1ccc(C(C)NC(=O)c2ccnc(C(=O)O)c2)cc1OC. The minimum absolute atomic E-state index is 0.176. The third-order valence-corrected chi connectivity index (χ3v) is 3.74. The van der Waals surface area contributed by atoms with E-state index in [4.69, 9.17) is 14.6 Å². The van der Waals surface area contributed by atoms with Crippen LogP contribution in [0.2, 0.25) is 0 Å². The quantitative estimate of drug-likeness (QED) is 0.753. The predicted molar refractivity (Wildman–Crippen MR) is 95.9 cm³/mol. The fourth-order valence-electron chi connectivity index (χ4n) is 2.34. The zero-order chi connectivity index (χ0) is 19.1. The first-order valence-electron chi connectivity index (χ1n) is 8.27. The van der Waals surface area contributed by atoms with E-state index in [2.05, 4.69) is 10.3 Å². The van der Waals surface area contributed by atoms with Crippen molar-refractivity contribution < 1.29 is 24.2 Å². The van der Waals surface area contributed by atoms with E-state index < -0.39 is 5.97 Å². The van der Waals surface area contributed by atoms with Gasteiger partial charge < -0.3 is 19.9 Å². The lowest BCUT2D eigenvalue weighted by Gasteiger charge is -2.17. The van der Waals surface area contributed by atoms with Crippen molar-refractivity contribution >= 4 is 11.9 Å². The van der Waals surface area contributed by atoms with E-state index in [1.54, 1.807) is 13.2 Å². The Hall–Kier alpha value is -3.09. The van der Waals surface area contributed by atoms with Crippen molar-refractivity contribution in [2.75, 3.05) is 13.7 Å². The first-order valence-corrected chi connectivity index (χ1v) is 8.27. The number of carboxylic acids is 1. The van der Waals surface area contributed by atoms with Gasteiger partial charge in [-0.1, -0.05) is 13.0 Å². The van der Waals surface area contributed by atoms with Gasteiger partial charge in [-0.15, -0.1) is 0 Å². The summed E-state index contributed by atoms with van der Waals surface area (Å²) in [5.74, 6) is -0.321. The molecular formula is C19H22N2O5. The van der Waals surface area contributed by atoms with Gasteiger partial charge in [0.05, 0.1) is 19.8 Å². The number of benzene rings is 1. The lowest BCUT2D eigenvalue weighted by atomic mass is 10.1. The predicted octanol–water partition coefficient (Wildman–Crippen LogP) is 3.07. The van der Waals surface area contributed by atoms with Gasteiger partial charge in [0.2, 0.25) is 0 Å². The van der Waals surface area contributed by atoms with Crippen LogP contribution in [0.15, 0.2) is 36.5 Å². The van der Waals surface area contributed by atoms with Crippen molar-refractivity contribution in [3.63, 3.8) is 0 Å². The topological polar surface area (TPSA) is 97.8 Å². The molecule has 0 fully saturated rings. The van der Waals surface area contributed by atoms with Gasteiger partial charge in [-0.05, 0) is 43.2 Å². The Morgan fingerprint density at radius 3 is 2.65 bits per heavy atom. The minimum Gasteiger partial charge on any atom is -0.493 e. The summed E-state index contributed by atoms with van der Waals surface area (Å²) in [5, 5.41) is 11.8. The van der Waals surface area contributed by atoms with Gasteiger partial charge in [0, 0.05) is 11.8 Å². The van der Waals surface area contributed by atoms with Gasteiger partial charge in [-0.3, -0.25) is 4.79 Å². The first kappa shape index (κ1) is 19.2. The normalized spacial score (nSPS) is 11.5. The molecule has 1 amide bonds. The molecule has 0 saturated carbocycles. The lowest BCUT2D eigenvalue weighted by Crippen LogP contribution is -2.27. The van der Waals surface area contributed by atoms with E-state index in [-0.39, 0.29) is 23.2 Å². The number of aromatic nitrogens is 1. The fraction of sp³-hybridized carbons (Fsp3) is 0.316. The van der Waals surface area contributed by atoms with Crippen molar-refractivity contribution in [2.24, 2.45) is 0 Å². The number of amides is 1. The van der Waals surface area contributed by atoms with Gasteiger partial charge >= 0.3 is 5.97 Å². The minimum atomic E-state index is -1.18. The average molecular weight is 358 g/mol. The number of carboxylic acid groups (broad SMARTS) is 1. The molecule has 138 valence electrons. The second kappa shape index (κ2) is 8.84. The van der Waals surface area contributed by atoms with E-state index in [1.165, 1.54) is 18.3 Å². The Morgan fingerprint density at radius 2 is 2.00 bits per heavy atom. The fourth-order valence-corrected chi connectivity index (χ4v) is 2.34. The number of ether oxygens (including phenoxy) is 2. The molecule has 0 radical (unpaired) electrons. The number of hydrogen-bond acceptors (Lipinski definition) is 5. The highest BCUT2D eigenvalue weighted by molar-refractivity contribution is 5.96. The Bertz CT molecular complexity index is 791. The first-order chi connectivity index (χ1) is 12.5. The standard InChI is InChI=1S/C19H22N2O5/c1-4-9-26-16-6-5-13(11-17(16)25-3)12(2)21-18(22)14-7-8-20-15(10-14)19(23)24/h5-8,10-12H,4,9H2,1-3H3,(H,21,22)(H,23,24). The second-order valence-electron chi connectivity index (χ2n) is 5.69. The van der Waals surface area contributed by atoms with Crippen molar-refractivity contribution in [3.8, 4) is 11.5 Å². The molecule has 2 aromatic rings. The molecule has 2 N–H and O–H groups in total. The van der Waals surface area contributed by atoms with E-state index >= 15 is 0 Å². The third kappa shape index (κ3) is 4.72. The Morgan fingerprint density at radius 1 is 1.23 bits per heavy atom. The molecule has 1 unspecified atom stereocenters. The van der Waals surface area contributed by atoms with Crippen molar-refractivity contribution in [1.82, 2.24) is 10.3 Å². The number of carbonyl (C=O) groups is 2. The van der Waals surface area contributed by atoms with Gasteiger partial charge in [0.15, 0.2) is 11.5 Å². The number of nitrogens with zero attached hydrogens (tertiary/aromatic N) is 1. The van der Waals surface area contributed by atoms with Crippen LogP contribution in [0.3, 0.4) is 0 Å². The molecule has 0 bridgehead atoms. The van der Waals surface area contributed by atoms with Gasteiger partial charge in [0.1, 0.15) is 5.69 Å². The molecular weight excluding hydrogens is 336 g/mol. The summed E-state index contributed by atoms with van der Waals surface area (Å²) in [6, 6.07) is 7.88. The zero-order valence-corrected chi connectivity index (χ0v) is 15.0. The number of methoxy groups -OCH3 is 1. The molecule has 0 aliphatic carbocycles. The summed E-state index contributed by atoms with van der Waals surface area (Å²) in [5.41, 5.74) is 0.898. The van der Waals surface area contributed by atoms with Crippen LogP contribution in [0.1, 0.15) is 52.7 Å². The molecule has 1 aromatic heterocycles. The molecule has 1 aromatic carbocycles. The highest BCUT2D eigenvalue weighted by Crippen LogP contribution is 2.30. The largest absolute Gasteiger partial charge is 0.493 e. The van der Waals surface area contributed by atoms with Crippen LogP contribution in [0, 0.1) is 0 Å². The smallest absolute Gasteiger partial charge is 0.354 e. The number of nitrogens with one attached hydrogen (secondary N) is 1. The molecule has 26 heavy (non-hydrogen) atoms. The average Bonchev–Trinajstić information content (AvgIpc) is 2.66. The number of pyridine rings is 1. The lowest BCUT2D eigenvalue weighted by molar-refractivity contribution is 0.0690. The second-order valence-corrected chi connectivity index (χ2v) is 5.69. The van der Waals surface area contributed by atoms with Crippen molar-refractivity contribution in [2.45, 2.75) is 26.3 Å². The Labute approximate surface area is 152 Å².